The molecule has 1 saturated heterocycles. The van der Waals surface area contributed by atoms with Crippen molar-refractivity contribution >= 4 is 0 Å². The highest BCUT2D eigenvalue weighted by Gasteiger charge is 2.28. The van der Waals surface area contributed by atoms with Crippen molar-refractivity contribution in [2.24, 2.45) is 5.73 Å². The van der Waals surface area contributed by atoms with E-state index in [0.29, 0.717) is 0 Å². The minimum absolute atomic E-state index is 0.286. The molecule has 3 heteroatoms. The van der Waals surface area contributed by atoms with Crippen LogP contribution in [0.25, 0.3) is 0 Å². The maximum atomic E-state index is 5.64. The Bertz CT molecular complexity index is 160. The smallest absolute Gasteiger partial charge is 0.0166 e. The molecule has 0 aliphatic carbocycles. The van der Waals surface area contributed by atoms with E-state index >= 15 is 0 Å². The highest BCUT2D eigenvalue weighted by atomic mass is 15.3. The third kappa shape index (κ3) is 2.94. The Hall–Kier alpha value is -0.120. The van der Waals surface area contributed by atoms with Gasteiger partial charge < -0.3 is 10.6 Å². The van der Waals surface area contributed by atoms with E-state index in [9.17, 15) is 0 Å². The number of rotatable bonds is 4. The third-order valence-electron chi connectivity index (χ3n) is 3.43. The van der Waals surface area contributed by atoms with Crippen molar-refractivity contribution in [1.82, 2.24) is 9.80 Å². The van der Waals surface area contributed by atoms with Crippen molar-refractivity contribution in [1.29, 1.82) is 0 Å². The first-order chi connectivity index (χ1) is 6.60. The average Bonchev–Trinajstić information content (AvgIpc) is 2.18. The number of nitrogens with zero attached hydrogens (tertiary/aromatic N) is 2. The molecule has 84 valence electrons. The molecule has 0 radical (unpaired) electrons. The third-order valence-corrected chi connectivity index (χ3v) is 3.43. The maximum absolute atomic E-state index is 5.64. The molecule has 14 heavy (non-hydrogen) atoms. The zero-order valence-corrected chi connectivity index (χ0v) is 9.92. The first kappa shape index (κ1) is 12.0. The molecule has 0 bridgehead atoms. The van der Waals surface area contributed by atoms with Crippen LogP contribution in [0.4, 0.5) is 0 Å². The number of likely N-dealkylation sites (N-methyl/N-ethyl adjacent to an activating group) is 1. The first-order valence-corrected chi connectivity index (χ1v) is 5.77. The zero-order chi connectivity index (χ0) is 10.6. The maximum Gasteiger partial charge on any atom is 0.0166 e. The lowest BCUT2D eigenvalue weighted by atomic mass is 9.97. The van der Waals surface area contributed by atoms with Crippen molar-refractivity contribution in [2.75, 3.05) is 39.3 Å². The summed E-state index contributed by atoms with van der Waals surface area (Å²) in [7, 11) is 0. The molecule has 0 aromatic rings. The van der Waals surface area contributed by atoms with Gasteiger partial charge in [0.25, 0.3) is 0 Å². The number of piperazine rings is 1. The fourth-order valence-corrected chi connectivity index (χ4v) is 2.18. The quantitative estimate of drug-likeness (QED) is 0.725. The number of hydrogen-bond donors (Lipinski definition) is 1. The van der Waals surface area contributed by atoms with Crippen LogP contribution in [0.15, 0.2) is 0 Å². The van der Waals surface area contributed by atoms with Crippen LogP contribution in [0.5, 0.6) is 0 Å². The van der Waals surface area contributed by atoms with Crippen molar-refractivity contribution in [3.8, 4) is 0 Å². The lowest BCUT2D eigenvalue weighted by molar-refractivity contribution is 0.0507. The summed E-state index contributed by atoms with van der Waals surface area (Å²) in [6.45, 7) is 13.6. The Morgan fingerprint density at radius 1 is 1.14 bits per heavy atom. The summed E-state index contributed by atoms with van der Waals surface area (Å²) in [5.41, 5.74) is 5.92. The largest absolute Gasteiger partial charge is 0.330 e. The molecular weight excluding hydrogens is 174 g/mol. The van der Waals surface area contributed by atoms with E-state index in [1.165, 1.54) is 32.7 Å². The van der Waals surface area contributed by atoms with Crippen LogP contribution in [-0.4, -0.2) is 54.6 Å². The van der Waals surface area contributed by atoms with Gasteiger partial charge in [0.05, 0.1) is 0 Å². The minimum atomic E-state index is 0.286. The van der Waals surface area contributed by atoms with Crippen molar-refractivity contribution in [2.45, 2.75) is 32.7 Å². The minimum Gasteiger partial charge on any atom is -0.330 e. The summed E-state index contributed by atoms with van der Waals surface area (Å²) in [4.78, 5) is 5.08. The molecule has 0 unspecified atom stereocenters. The second-order valence-electron chi connectivity index (χ2n) is 4.77. The monoisotopic (exact) mass is 199 g/mol. The molecule has 1 heterocycles. The van der Waals surface area contributed by atoms with Gasteiger partial charge in [-0.3, -0.25) is 4.90 Å². The molecule has 0 amide bonds. The van der Waals surface area contributed by atoms with Gasteiger partial charge in [0.1, 0.15) is 0 Å². The highest BCUT2D eigenvalue weighted by Crippen LogP contribution is 2.19. The van der Waals surface area contributed by atoms with Crippen molar-refractivity contribution in [3.05, 3.63) is 0 Å². The van der Waals surface area contributed by atoms with Gasteiger partial charge in [-0.25, -0.2) is 0 Å². The molecule has 1 aliphatic rings. The normalized spacial score (nSPS) is 21.4. The molecule has 1 aliphatic heterocycles. The number of nitrogens with two attached hydrogens (primary N) is 1. The highest BCUT2D eigenvalue weighted by molar-refractivity contribution is 4.85. The van der Waals surface area contributed by atoms with Crippen LogP contribution in [0.2, 0.25) is 0 Å². The Kier molecular flexibility index (Phi) is 4.35. The lowest BCUT2D eigenvalue weighted by Gasteiger charge is -2.44. The van der Waals surface area contributed by atoms with Gasteiger partial charge in [-0.1, -0.05) is 6.92 Å². The summed E-state index contributed by atoms with van der Waals surface area (Å²) >= 11 is 0. The van der Waals surface area contributed by atoms with E-state index in [4.69, 9.17) is 5.73 Å². The van der Waals surface area contributed by atoms with Gasteiger partial charge in [0, 0.05) is 31.7 Å². The predicted molar refractivity (Wildman–Crippen MR) is 61.4 cm³/mol. The van der Waals surface area contributed by atoms with Gasteiger partial charge in [0.2, 0.25) is 0 Å². The standard InChI is InChI=1S/C11H25N3/c1-4-13-7-9-14(10-8-13)11(2,3)5-6-12/h4-10,12H2,1-3H3. The second-order valence-corrected chi connectivity index (χ2v) is 4.77. The molecule has 0 atom stereocenters. The lowest BCUT2D eigenvalue weighted by Crippen LogP contribution is -2.55. The Balaban J connectivity index is 2.40. The van der Waals surface area contributed by atoms with E-state index in [2.05, 4.69) is 30.6 Å². The molecule has 0 aromatic heterocycles. The van der Waals surface area contributed by atoms with E-state index in [1.54, 1.807) is 0 Å². The molecule has 0 spiro atoms. The van der Waals surface area contributed by atoms with Gasteiger partial charge in [-0.05, 0) is 33.4 Å². The predicted octanol–water partition coefficient (Wildman–Crippen LogP) is 0.751. The molecular formula is C11H25N3. The van der Waals surface area contributed by atoms with Crippen LogP contribution in [0.3, 0.4) is 0 Å². The summed E-state index contributed by atoms with van der Waals surface area (Å²) in [6.07, 6.45) is 1.10. The van der Waals surface area contributed by atoms with Crippen LogP contribution in [0, 0.1) is 0 Å². The topological polar surface area (TPSA) is 32.5 Å². The summed E-state index contributed by atoms with van der Waals surface area (Å²) < 4.78 is 0. The van der Waals surface area contributed by atoms with Gasteiger partial charge in [0.15, 0.2) is 0 Å². The van der Waals surface area contributed by atoms with Crippen LogP contribution < -0.4 is 5.73 Å². The van der Waals surface area contributed by atoms with Crippen LogP contribution in [0.1, 0.15) is 27.2 Å². The number of hydrogen-bond acceptors (Lipinski definition) is 3. The summed E-state index contributed by atoms with van der Waals surface area (Å²) in [6, 6.07) is 0. The molecule has 3 nitrogen and oxygen atoms in total. The van der Waals surface area contributed by atoms with Gasteiger partial charge in [-0.2, -0.15) is 0 Å². The fraction of sp³-hybridized carbons (Fsp3) is 1.00. The van der Waals surface area contributed by atoms with E-state index < -0.39 is 0 Å². The molecule has 0 aromatic carbocycles. The molecule has 1 rings (SSSR count). The van der Waals surface area contributed by atoms with E-state index in [1.807, 2.05) is 0 Å². The average molecular weight is 199 g/mol. The van der Waals surface area contributed by atoms with Gasteiger partial charge in [-0.15, -0.1) is 0 Å². The Labute approximate surface area is 88.2 Å². The summed E-state index contributed by atoms with van der Waals surface area (Å²) in [5, 5.41) is 0. The Morgan fingerprint density at radius 3 is 2.14 bits per heavy atom. The fourth-order valence-electron chi connectivity index (χ4n) is 2.18. The Morgan fingerprint density at radius 2 is 1.71 bits per heavy atom. The van der Waals surface area contributed by atoms with Crippen molar-refractivity contribution in [3.63, 3.8) is 0 Å². The van der Waals surface area contributed by atoms with Crippen molar-refractivity contribution < 1.29 is 0 Å². The zero-order valence-electron chi connectivity index (χ0n) is 9.92. The van der Waals surface area contributed by atoms with Crippen LogP contribution in [-0.2, 0) is 0 Å². The first-order valence-electron chi connectivity index (χ1n) is 5.77. The van der Waals surface area contributed by atoms with E-state index in [0.717, 1.165) is 13.0 Å². The van der Waals surface area contributed by atoms with Crippen LogP contribution >= 0.6 is 0 Å². The second kappa shape index (κ2) is 5.10. The summed E-state index contributed by atoms with van der Waals surface area (Å²) in [5.74, 6) is 0. The van der Waals surface area contributed by atoms with Gasteiger partial charge >= 0.3 is 0 Å². The molecule has 0 saturated carbocycles. The molecule has 1 fully saturated rings. The molecule has 2 N–H and O–H groups in total. The SMILES string of the molecule is CCN1CCN(C(C)(C)CCN)CC1. The van der Waals surface area contributed by atoms with E-state index in [-0.39, 0.29) is 5.54 Å².